The Morgan fingerprint density at radius 3 is 1.74 bits per heavy atom. The first-order valence-corrected chi connectivity index (χ1v) is 21.3. The fraction of sp³-hybridized carbons (Fsp3) is 0.0508. The molecule has 1 aliphatic carbocycles. The zero-order valence-electron chi connectivity index (χ0n) is 34.4. The van der Waals surface area contributed by atoms with Crippen LogP contribution in [0.4, 0.5) is 0 Å². The number of hydrogen-bond acceptors (Lipinski definition) is 3. The topological polar surface area (TPSA) is 38.9 Å². The molecule has 0 radical (unpaired) electrons. The molecule has 0 bridgehead atoms. The van der Waals surface area contributed by atoms with E-state index in [4.69, 9.17) is 14.4 Å². The van der Waals surface area contributed by atoms with Crippen molar-refractivity contribution in [3.05, 3.63) is 217 Å². The Morgan fingerprint density at radius 2 is 0.935 bits per heavy atom. The predicted molar refractivity (Wildman–Crippen MR) is 257 cm³/mol. The van der Waals surface area contributed by atoms with Gasteiger partial charge in [-0.05, 0) is 127 Å². The van der Waals surface area contributed by atoms with Crippen LogP contribution in [-0.2, 0) is 5.41 Å². The van der Waals surface area contributed by atoms with Crippen molar-refractivity contribution in [3.8, 4) is 78.4 Å². The van der Waals surface area contributed by atoms with Gasteiger partial charge in [0.2, 0.25) is 0 Å². The first-order chi connectivity index (χ1) is 30.4. The van der Waals surface area contributed by atoms with Crippen molar-refractivity contribution >= 4 is 32.7 Å². The first-order valence-electron chi connectivity index (χ1n) is 21.3. The summed E-state index contributed by atoms with van der Waals surface area (Å²) in [5, 5.41) is 4.75. The second kappa shape index (κ2) is 14.1. The molecule has 0 unspecified atom stereocenters. The van der Waals surface area contributed by atoms with E-state index < -0.39 is 0 Å². The molecule has 0 fully saturated rings. The van der Waals surface area contributed by atoms with Gasteiger partial charge in [0, 0.05) is 32.9 Å². The predicted octanol–water partition coefficient (Wildman–Crippen LogP) is 15.8. The van der Waals surface area contributed by atoms with Crippen molar-refractivity contribution in [3.63, 3.8) is 0 Å². The van der Waals surface area contributed by atoms with Gasteiger partial charge in [0.15, 0.2) is 5.82 Å². The molecular weight excluding hydrogens is 753 g/mol. The maximum absolute atomic E-state index is 6.23. The lowest BCUT2D eigenvalue weighted by Gasteiger charge is -2.22. The van der Waals surface area contributed by atoms with Crippen molar-refractivity contribution < 1.29 is 4.42 Å². The van der Waals surface area contributed by atoms with Crippen LogP contribution in [-0.4, -0.2) is 9.97 Å². The van der Waals surface area contributed by atoms with Crippen LogP contribution in [0.2, 0.25) is 0 Å². The molecule has 62 heavy (non-hydrogen) atoms. The average Bonchev–Trinajstić information content (AvgIpc) is 3.81. The largest absolute Gasteiger partial charge is 0.456 e. The minimum Gasteiger partial charge on any atom is -0.456 e. The lowest BCUT2D eigenvalue weighted by atomic mass is 9.81. The third-order valence-corrected chi connectivity index (χ3v) is 12.9. The molecule has 12 rings (SSSR count). The molecule has 11 aromatic rings. The van der Waals surface area contributed by atoms with Gasteiger partial charge < -0.3 is 4.42 Å². The molecule has 1 aliphatic rings. The van der Waals surface area contributed by atoms with Crippen LogP contribution >= 0.6 is 0 Å². The van der Waals surface area contributed by atoms with Gasteiger partial charge in [-0.15, -0.1) is 0 Å². The highest BCUT2D eigenvalue weighted by atomic mass is 16.3. The van der Waals surface area contributed by atoms with E-state index in [2.05, 4.69) is 202 Å². The van der Waals surface area contributed by atoms with Gasteiger partial charge in [0.25, 0.3) is 0 Å². The molecular formula is C59H40N2O. The molecule has 0 atom stereocenters. The summed E-state index contributed by atoms with van der Waals surface area (Å²) >= 11 is 0. The van der Waals surface area contributed by atoms with Crippen LogP contribution in [0.15, 0.2) is 211 Å². The summed E-state index contributed by atoms with van der Waals surface area (Å²) in [5.41, 5.74) is 18.5. The SMILES string of the molecule is CC1(C)c2ccc(-c3ccccc3-c3cc(-c4cc(-c5ccccc5)cc(-c5ccc6oc7ccccc7c6c5)c4)nc(-c4ccccc4)n3)cc2-c2cc3ccccc3cc21. The monoisotopic (exact) mass is 792 g/mol. The zero-order valence-corrected chi connectivity index (χ0v) is 34.4. The Bertz CT molecular complexity index is 3540. The molecule has 2 heterocycles. The summed E-state index contributed by atoms with van der Waals surface area (Å²) in [4.78, 5) is 10.7. The van der Waals surface area contributed by atoms with E-state index >= 15 is 0 Å². The highest BCUT2D eigenvalue weighted by molar-refractivity contribution is 6.06. The fourth-order valence-corrected chi connectivity index (χ4v) is 9.66. The molecule has 0 N–H and O–H groups in total. The molecule has 0 amide bonds. The van der Waals surface area contributed by atoms with Crippen molar-refractivity contribution in [1.29, 1.82) is 0 Å². The molecule has 292 valence electrons. The van der Waals surface area contributed by atoms with Crippen molar-refractivity contribution in [2.45, 2.75) is 19.3 Å². The Balaban J connectivity index is 1.04. The van der Waals surface area contributed by atoms with Crippen LogP contribution in [0.3, 0.4) is 0 Å². The molecule has 9 aromatic carbocycles. The Hall–Kier alpha value is -7.88. The Kier molecular flexibility index (Phi) is 8.20. The third kappa shape index (κ3) is 5.96. The number of rotatable bonds is 6. The molecule has 0 aliphatic heterocycles. The summed E-state index contributed by atoms with van der Waals surface area (Å²) in [5.74, 6) is 0.683. The summed E-state index contributed by atoms with van der Waals surface area (Å²) in [6.45, 7) is 4.70. The van der Waals surface area contributed by atoms with Gasteiger partial charge in [-0.25, -0.2) is 9.97 Å². The van der Waals surface area contributed by atoms with Gasteiger partial charge in [-0.2, -0.15) is 0 Å². The summed E-state index contributed by atoms with van der Waals surface area (Å²) in [7, 11) is 0. The number of furan rings is 1. The molecule has 3 nitrogen and oxygen atoms in total. The van der Waals surface area contributed by atoms with E-state index in [-0.39, 0.29) is 5.41 Å². The van der Waals surface area contributed by atoms with E-state index in [1.54, 1.807) is 0 Å². The van der Waals surface area contributed by atoms with Crippen molar-refractivity contribution in [2.24, 2.45) is 0 Å². The summed E-state index contributed by atoms with van der Waals surface area (Å²) in [6.07, 6.45) is 0. The molecule has 0 spiro atoms. The van der Waals surface area contributed by atoms with Crippen LogP contribution in [0.25, 0.3) is 111 Å². The number of aromatic nitrogens is 2. The molecule has 2 aromatic heterocycles. The van der Waals surface area contributed by atoms with Crippen molar-refractivity contribution in [1.82, 2.24) is 9.97 Å². The normalized spacial score (nSPS) is 12.8. The van der Waals surface area contributed by atoms with Crippen LogP contribution in [0, 0.1) is 0 Å². The second-order valence-corrected chi connectivity index (χ2v) is 17.0. The van der Waals surface area contributed by atoms with Gasteiger partial charge in [-0.1, -0.05) is 159 Å². The van der Waals surface area contributed by atoms with E-state index in [1.807, 2.05) is 18.2 Å². The van der Waals surface area contributed by atoms with Crippen LogP contribution in [0.5, 0.6) is 0 Å². The number of fused-ring (bicyclic) bond motifs is 7. The molecule has 0 saturated carbocycles. The van der Waals surface area contributed by atoms with E-state index in [1.165, 1.54) is 33.0 Å². The van der Waals surface area contributed by atoms with Gasteiger partial charge in [0.1, 0.15) is 11.2 Å². The second-order valence-electron chi connectivity index (χ2n) is 17.0. The van der Waals surface area contributed by atoms with E-state index in [9.17, 15) is 0 Å². The summed E-state index contributed by atoms with van der Waals surface area (Å²) in [6, 6.07) is 73.8. The number of nitrogens with zero attached hydrogens (tertiary/aromatic N) is 2. The maximum atomic E-state index is 6.23. The highest BCUT2D eigenvalue weighted by Gasteiger charge is 2.36. The minimum absolute atomic E-state index is 0.107. The Morgan fingerprint density at radius 1 is 0.339 bits per heavy atom. The number of benzene rings is 9. The first kappa shape index (κ1) is 36.0. The van der Waals surface area contributed by atoms with E-state index in [0.717, 1.165) is 83.4 Å². The number of hydrogen-bond donors (Lipinski definition) is 0. The van der Waals surface area contributed by atoms with Gasteiger partial charge in [0.05, 0.1) is 11.4 Å². The average molecular weight is 793 g/mol. The lowest BCUT2D eigenvalue weighted by Crippen LogP contribution is -2.14. The highest BCUT2D eigenvalue weighted by Crippen LogP contribution is 2.51. The van der Waals surface area contributed by atoms with Crippen LogP contribution in [0.1, 0.15) is 25.0 Å². The standard InChI is InChI=1S/C59H40N2O/c1-59(2)52-27-25-42(34-49(52)50-32-39-19-9-10-20-40(39)35-53(50)59)46-21-11-12-22-47(46)55-36-54(60-58(61-55)38-17-7-4-8-18-38)45-30-43(37-15-5-3-6-16-37)29-44(31-45)41-26-28-57-51(33-41)48-23-13-14-24-56(48)62-57/h3-36H,1-2H3. The maximum Gasteiger partial charge on any atom is 0.160 e. The van der Waals surface area contributed by atoms with Gasteiger partial charge >= 0.3 is 0 Å². The zero-order chi connectivity index (χ0) is 41.4. The molecule has 0 saturated heterocycles. The van der Waals surface area contributed by atoms with E-state index in [0.29, 0.717) is 5.82 Å². The minimum atomic E-state index is -0.107. The Labute approximate surface area is 360 Å². The fourth-order valence-electron chi connectivity index (χ4n) is 9.66. The number of para-hydroxylation sites is 1. The quantitative estimate of drug-likeness (QED) is 0.168. The van der Waals surface area contributed by atoms with Gasteiger partial charge in [-0.3, -0.25) is 0 Å². The smallest absolute Gasteiger partial charge is 0.160 e. The van der Waals surface area contributed by atoms with Crippen LogP contribution < -0.4 is 0 Å². The van der Waals surface area contributed by atoms with Crippen molar-refractivity contribution in [2.75, 3.05) is 0 Å². The lowest BCUT2D eigenvalue weighted by molar-refractivity contribution is 0.661. The molecule has 3 heteroatoms. The summed E-state index contributed by atoms with van der Waals surface area (Å²) < 4.78 is 6.23. The third-order valence-electron chi connectivity index (χ3n) is 12.9.